The SMILES string of the molecule is COc1ccc2c(Oc3ccc(OCCN4CCCCC4)cc3)c(-c3ccc(S(C)(=O)=O)c(Cl)c3Cl)ccc2c1. The van der Waals surface area contributed by atoms with Crippen molar-refractivity contribution in [2.45, 2.75) is 24.2 Å². The third-order valence-electron chi connectivity index (χ3n) is 7.08. The minimum atomic E-state index is -3.55. The van der Waals surface area contributed by atoms with Crippen LogP contribution >= 0.6 is 23.2 Å². The second-order valence-electron chi connectivity index (χ2n) is 9.86. The van der Waals surface area contributed by atoms with Gasteiger partial charge >= 0.3 is 0 Å². The van der Waals surface area contributed by atoms with Gasteiger partial charge in [0.15, 0.2) is 9.84 Å². The molecule has 0 spiro atoms. The van der Waals surface area contributed by atoms with E-state index in [1.807, 2.05) is 54.6 Å². The number of hydrogen-bond donors (Lipinski definition) is 0. The molecule has 40 heavy (non-hydrogen) atoms. The lowest BCUT2D eigenvalue weighted by Crippen LogP contribution is -2.33. The molecule has 5 rings (SSSR count). The summed E-state index contributed by atoms with van der Waals surface area (Å²) in [4.78, 5) is 2.42. The van der Waals surface area contributed by atoms with Gasteiger partial charge in [-0.25, -0.2) is 8.42 Å². The number of sulfone groups is 1. The van der Waals surface area contributed by atoms with Crippen LogP contribution in [0.5, 0.6) is 23.0 Å². The summed E-state index contributed by atoms with van der Waals surface area (Å²) < 4.78 is 42.2. The van der Waals surface area contributed by atoms with E-state index in [0.717, 1.165) is 48.2 Å². The molecule has 6 nitrogen and oxygen atoms in total. The van der Waals surface area contributed by atoms with Gasteiger partial charge < -0.3 is 14.2 Å². The van der Waals surface area contributed by atoms with E-state index in [9.17, 15) is 8.42 Å². The number of nitrogens with zero attached hydrogens (tertiary/aromatic N) is 1. The lowest BCUT2D eigenvalue weighted by molar-refractivity contribution is 0.183. The van der Waals surface area contributed by atoms with Crippen molar-refractivity contribution in [3.63, 3.8) is 0 Å². The van der Waals surface area contributed by atoms with Crippen LogP contribution in [-0.2, 0) is 9.84 Å². The van der Waals surface area contributed by atoms with Gasteiger partial charge in [0.2, 0.25) is 0 Å². The summed E-state index contributed by atoms with van der Waals surface area (Å²) >= 11 is 13.1. The average Bonchev–Trinajstić information content (AvgIpc) is 2.95. The zero-order valence-corrected chi connectivity index (χ0v) is 24.8. The first-order chi connectivity index (χ1) is 19.2. The Kier molecular flexibility index (Phi) is 8.76. The molecule has 0 radical (unpaired) electrons. The van der Waals surface area contributed by atoms with Gasteiger partial charge in [-0.1, -0.05) is 41.8 Å². The second kappa shape index (κ2) is 12.3. The van der Waals surface area contributed by atoms with E-state index < -0.39 is 9.84 Å². The summed E-state index contributed by atoms with van der Waals surface area (Å²) in [6, 6.07) is 20.2. The van der Waals surface area contributed by atoms with Crippen molar-refractivity contribution in [2.24, 2.45) is 0 Å². The van der Waals surface area contributed by atoms with Crippen LogP contribution in [-0.4, -0.2) is 52.9 Å². The Morgan fingerprint density at radius 3 is 2.17 bits per heavy atom. The highest BCUT2D eigenvalue weighted by atomic mass is 35.5. The molecule has 4 aromatic rings. The van der Waals surface area contributed by atoms with Crippen molar-refractivity contribution in [1.82, 2.24) is 4.90 Å². The summed E-state index contributed by atoms with van der Waals surface area (Å²) in [7, 11) is -1.93. The summed E-state index contributed by atoms with van der Waals surface area (Å²) in [6.07, 6.45) is 4.93. The topological polar surface area (TPSA) is 65.1 Å². The van der Waals surface area contributed by atoms with Crippen molar-refractivity contribution in [2.75, 3.05) is 39.6 Å². The highest BCUT2D eigenvalue weighted by molar-refractivity contribution is 7.90. The molecule has 1 heterocycles. The van der Waals surface area contributed by atoms with Crippen molar-refractivity contribution in [3.05, 3.63) is 76.8 Å². The fraction of sp³-hybridized carbons (Fsp3) is 0.290. The van der Waals surface area contributed by atoms with Gasteiger partial charge in [-0.15, -0.1) is 0 Å². The average molecular weight is 601 g/mol. The normalized spacial score (nSPS) is 14.3. The molecule has 0 bridgehead atoms. The molecule has 0 unspecified atom stereocenters. The van der Waals surface area contributed by atoms with E-state index in [-0.39, 0.29) is 14.9 Å². The second-order valence-corrected chi connectivity index (χ2v) is 12.6. The molecule has 0 N–H and O–H groups in total. The lowest BCUT2D eigenvalue weighted by Gasteiger charge is -2.26. The van der Waals surface area contributed by atoms with Crippen molar-refractivity contribution < 1.29 is 22.6 Å². The number of methoxy groups -OCH3 is 1. The third kappa shape index (κ3) is 6.33. The van der Waals surface area contributed by atoms with E-state index in [1.165, 1.54) is 25.3 Å². The molecule has 1 saturated heterocycles. The van der Waals surface area contributed by atoms with Crippen LogP contribution in [0.15, 0.2) is 71.6 Å². The Morgan fingerprint density at radius 1 is 0.800 bits per heavy atom. The number of hydrogen-bond acceptors (Lipinski definition) is 6. The predicted molar refractivity (Wildman–Crippen MR) is 161 cm³/mol. The maximum atomic E-state index is 12.2. The molecule has 9 heteroatoms. The number of benzene rings is 4. The Hall–Kier alpha value is -2.97. The van der Waals surface area contributed by atoms with Crippen molar-refractivity contribution >= 4 is 43.8 Å². The van der Waals surface area contributed by atoms with E-state index in [1.54, 1.807) is 13.2 Å². The number of piperidine rings is 1. The first kappa shape index (κ1) is 28.6. The van der Waals surface area contributed by atoms with Crippen LogP contribution in [0.4, 0.5) is 0 Å². The highest BCUT2D eigenvalue weighted by Crippen LogP contribution is 2.45. The van der Waals surface area contributed by atoms with Crippen LogP contribution in [0.1, 0.15) is 19.3 Å². The maximum Gasteiger partial charge on any atom is 0.177 e. The number of rotatable bonds is 9. The van der Waals surface area contributed by atoms with Gasteiger partial charge in [0.25, 0.3) is 0 Å². The molecular weight excluding hydrogens is 569 g/mol. The first-order valence-corrected chi connectivity index (χ1v) is 15.8. The summed E-state index contributed by atoms with van der Waals surface area (Å²) in [5.74, 6) is 2.67. The lowest BCUT2D eigenvalue weighted by atomic mass is 9.99. The molecule has 1 aliphatic heterocycles. The largest absolute Gasteiger partial charge is 0.497 e. The third-order valence-corrected chi connectivity index (χ3v) is 9.22. The molecule has 210 valence electrons. The van der Waals surface area contributed by atoms with Gasteiger partial charge in [-0.2, -0.15) is 0 Å². The first-order valence-electron chi connectivity index (χ1n) is 13.2. The molecule has 0 saturated carbocycles. The van der Waals surface area contributed by atoms with Crippen molar-refractivity contribution in [3.8, 4) is 34.1 Å². The summed E-state index contributed by atoms with van der Waals surface area (Å²) in [6.45, 7) is 3.84. The van der Waals surface area contributed by atoms with Crippen LogP contribution in [0.2, 0.25) is 10.0 Å². The van der Waals surface area contributed by atoms with Crippen molar-refractivity contribution in [1.29, 1.82) is 0 Å². The summed E-state index contributed by atoms with van der Waals surface area (Å²) in [5.41, 5.74) is 1.23. The molecule has 1 aliphatic rings. The Bertz CT molecular complexity index is 1620. The van der Waals surface area contributed by atoms with Gasteiger partial charge in [-0.05, 0) is 85.9 Å². The highest BCUT2D eigenvalue weighted by Gasteiger charge is 2.21. The monoisotopic (exact) mass is 599 g/mol. The van der Waals surface area contributed by atoms with Crippen LogP contribution < -0.4 is 14.2 Å². The zero-order valence-electron chi connectivity index (χ0n) is 22.5. The van der Waals surface area contributed by atoms with Gasteiger partial charge in [-0.3, -0.25) is 4.90 Å². The fourth-order valence-electron chi connectivity index (χ4n) is 4.95. The number of ether oxygens (including phenoxy) is 3. The Labute approximate surface area is 245 Å². The van der Waals surface area contributed by atoms with Crippen LogP contribution in [0, 0.1) is 0 Å². The minimum Gasteiger partial charge on any atom is -0.497 e. The molecule has 0 aliphatic carbocycles. The van der Waals surface area contributed by atoms with Crippen LogP contribution in [0.25, 0.3) is 21.9 Å². The zero-order chi connectivity index (χ0) is 28.3. The molecule has 0 amide bonds. The van der Waals surface area contributed by atoms with E-state index in [0.29, 0.717) is 29.2 Å². The number of halogens is 2. The van der Waals surface area contributed by atoms with Gasteiger partial charge in [0.1, 0.15) is 29.6 Å². The minimum absolute atomic E-state index is 0.0199. The van der Waals surface area contributed by atoms with Gasteiger partial charge in [0, 0.05) is 29.3 Å². The quantitative estimate of drug-likeness (QED) is 0.195. The van der Waals surface area contributed by atoms with Gasteiger partial charge in [0.05, 0.1) is 22.1 Å². The van der Waals surface area contributed by atoms with E-state index >= 15 is 0 Å². The fourth-order valence-corrected chi connectivity index (χ4v) is 6.60. The molecule has 4 aromatic carbocycles. The van der Waals surface area contributed by atoms with E-state index in [2.05, 4.69) is 4.90 Å². The standard InChI is InChI=1S/C31H31Cl2NO5S/c1-37-24-11-13-25-21(20-24)6-12-27(26-14-15-28(40(2,35)36)30(33)29(26)32)31(25)39-23-9-7-22(8-10-23)38-19-18-34-16-4-3-5-17-34/h6-15,20H,3-5,16-19H2,1-2H3. The maximum absolute atomic E-state index is 12.2. The molecule has 1 fully saturated rings. The molecule has 0 aromatic heterocycles. The predicted octanol–water partition coefficient (Wildman–Crippen LogP) is 7.88. The number of fused-ring (bicyclic) bond motifs is 1. The van der Waals surface area contributed by atoms with Crippen LogP contribution in [0.3, 0.4) is 0 Å². The number of likely N-dealkylation sites (tertiary alicyclic amines) is 1. The summed E-state index contributed by atoms with van der Waals surface area (Å²) in [5, 5.41) is 1.86. The van der Waals surface area contributed by atoms with E-state index in [4.69, 9.17) is 37.4 Å². The molecule has 0 atom stereocenters. The molecular formula is C31H31Cl2NO5S. The Morgan fingerprint density at radius 2 is 1.48 bits per heavy atom. The smallest absolute Gasteiger partial charge is 0.177 e. The Balaban J connectivity index is 1.46.